The van der Waals surface area contributed by atoms with Gasteiger partial charge in [0.25, 0.3) is 5.91 Å². The van der Waals surface area contributed by atoms with Crippen LogP contribution in [-0.2, 0) is 20.7 Å². The Labute approximate surface area is 154 Å². The standard InChI is InChI=1S/C18H15Cl2NO4/c1-11(22)12-5-7-13(8-6-12)21-17(23)10-25-18(24)9-14-15(19)3-2-4-16(14)20/h2-8H,9-10H2,1H3,(H,21,23). The van der Waals surface area contributed by atoms with Crippen LogP contribution >= 0.6 is 23.2 Å². The van der Waals surface area contributed by atoms with E-state index in [-0.39, 0.29) is 12.2 Å². The van der Waals surface area contributed by atoms with E-state index in [1.165, 1.54) is 6.92 Å². The number of halogens is 2. The molecule has 0 fully saturated rings. The van der Waals surface area contributed by atoms with Gasteiger partial charge in [-0.15, -0.1) is 0 Å². The molecule has 0 unspecified atom stereocenters. The first kappa shape index (κ1) is 19.0. The molecule has 0 aliphatic heterocycles. The molecule has 0 radical (unpaired) electrons. The third kappa shape index (κ3) is 5.59. The van der Waals surface area contributed by atoms with Crippen LogP contribution in [0.4, 0.5) is 5.69 Å². The van der Waals surface area contributed by atoms with Gasteiger partial charge in [-0.05, 0) is 43.3 Å². The molecule has 5 nitrogen and oxygen atoms in total. The van der Waals surface area contributed by atoms with Gasteiger partial charge in [-0.1, -0.05) is 29.3 Å². The Hall–Kier alpha value is -2.37. The van der Waals surface area contributed by atoms with Gasteiger partial charge < -0.3 is 10.1 Å². The molecule has 25 heavy (non-hydrogen) atoms. The van der Waals surface area contributed by atoms with Crippen LogP contribution in [0.15, 0.2) is 42.5 Å². The van der Waals surface area contributed by atoms with Crippen LogP contribution in [0.1, 0.15) is 22.8 Å². The molecule has 0 heterocycles. The maximum Gasteiger partial charge on any atom is 0.310 e. The van der Waals surface area contributed by atoms with E-state index in [1.807, 2.05) is 0 Å². The maximum atomic E-state index is 11.8. The van der Waals surface area contributed by atoms with Crippen LogP contribution in [0.5, 0.6) is 0 Å². The molecule has 1 amide bonds. The average Bonchev–Trinajstić information content (AvgIpc) is 2.57. The number of Topliss-reactive ketones (excluding diaryl/α,β-unsaturated/α-hetero) is 1. The Bertz CT molecular complexity index is 783. The zero-order chi connectivity index (χ0) is 18.4. The molecular formula is C18H15Cl2NO4. The first-order chi connectivity index (χ1) is 11.9. The monoisotopic (exact) mass is 379 g/mol. The maximum absolute atomic E-state index is 11.8. The van der Waals surface area contributed by atoms with E-state index in [0.29, 0.717) is 26.9 Å². The topological polar surface area (TPSA) is 72.5 Å². The second-order valence-corrected chi connectivity index (χ2v) is 6.03. The molecule has 130 valence electrons. The molecule has 2 aromatic rings. The fraction of sp³-hybridized carbons (Fsp3) is 0.167. The first-order valence-corrected chi connectivity index (χ1v) is 8.12. The van der Waals surface area contributed by atoms with Crippen molar-refractivity contribution in [2.45, 2.75) is 13.3 Å². The summed E-state index contributed by atoms with van der Waals surface area (Å²) in [5.41, 5.74) is 1.50. The van der Waals surface area contributed by atoms with E-state index < -0.39 is 18.5 Å². The minimum Gasteiger partial charge on any atom is -0.455 e. The van der Waals surface area contributed by atoms with E-state index in [1.54, 1.807) is 42.5 Å². The zero-order valence-corrected chi connectivity index (χ0v) is 14.9. The molecule has 2 rings (SSSR count). The first-order valence-electron chi connectivity index (χ1n) is 7.36. The number of hydrogen-bond donors (Lipinski definition) is 1. The molecule has 0 spiro atoms. The van der Waals surface area contributed by atoms with Crippen molar-refractivity contribution in [3.05, 3.63) is 63.6 Å². The lowest BCUT2D eigenvalue weighted by Crippen LogP contribution is -2.21. The number of ether oxygens (including phenoxy) is 1. The summed E-state index contributed by atoms with van der Waals surface area (Å²) in [4.78, 5) is 34.8. The van der Waals surface area contributed by atoms with Crippen molar-refractivity contribution in [1.82, 2.24) is 0 Å². The molecule has 0 aliphatic rings. The second kappa shape index (κ2) is 8.65. The van der Waals surface area contributed by atoms with E-state index in [4.69, 9.17) is 27.9 Å². The van der Waals surface area contributed by atoms with Crippen molar-refractivity contribution in [1.29, 1.82) is 0 Å². The van der Waals surface area contributed by atoms with Crippen molar-refractivity contribution in [2.24, 2.45) is 0 Å². The lowest BCUT2D eigenvalue weighted by Gasteiger charge is -2.08. The number of benzene rings is 2. The Balaban J connectivity index is 1.85. The number of anilines is 1. The highest BCUT2D eigenvalue weighted by Gasteiger charge is 2.13. The molecule has 0 atom stereocenters. The third-order valence-corrected chi connectivity index (χ3v) is 4.03. The highest BCUT2D eigenvalue weighted by atomic mass is 35.5. The Morgan fingerprint density at radius 2 is 1.60 bits per heavy atom. The summed E-state index contributed by atoms with van der Waals surface area (Å²) < 4.78 is 4.93. The van der Waals surface area contributed by atoms with Gasteiger partial charge in [0.2, 0.25) is 0 Å². The summed E-state index contributed by atoms with van der Waals surface area (Å²) in [5, 5.41) is 3.29. The molecule has 7 heteroatoms. The van der Waals surface area contributed by atoms with Gasteiger partial charge in [0.05, 0.1) is 6.42 Å². The van der Waals surface area contributed by atoms with Crippen LogP contribution in [0, 0.1) is 0 Å². The van der Waals surface area contributed by atoms with E-state index in [9.17, 15) is 14.4 Å². The smallest absolute Gasteiger partial charge is 0.310 e. The number of rotatable bonds is 6. The predicted octanol–water partition coefficient (Wildman–Crippen LogP) is 3.92. The lowest BCUT2D eigenvalue weighted by molar-refractivity contribution is -0.146. The third-order valence-electron chi connectivity index (χ3n) is 3.32. The van der Waals surface area contributed by atoms with Crippen molar-refractivity contribution in [2.75, 3.05) is 11.9 Å². The molecule has 1 N–H and O–H groups in total. The van der Waals surface area contributed by atoms with Gasteiger partial charge in [0.1, 0.15) is 0 Å². The van der Waals surface area contributed by atoms with Crippen LogP contribution in [0.2, 0.25) is 10.0 Å². The fourth-order valence-corrected chi connectivity index (χ4v) is 2.56. The highest BCUT2D eigenvalue weighted by molar-refractivity contribution is 6.36. The van der Waals surface area contributed by atoms with Crippen LogP contribution < -0.4 is 5.32 Å². The zero-order valence-electron chi connectivity index (χ0n) is 13.3. The number of hydrogen-bond acceptors (Lipinski definition) is 4. The number of esters is 1. The highest BCUT2D eigenvalue weighted by Crippen LogP contribution is 2.24. The number of ketones is 1. The van der Waals surface area contributed by atoms with Gasteiger partial charge in [-0.2, -0.15) is 0 Å². The largest absolute Gasteiger partial charge is 0.455 e. The SMILES string of the molecule is CC(=O)c1ccc(NC(=O)COC(=O)Cc2c(Cl)cccc2Cl)cc1. The van der Waals surface area contributed by atoms with E-state index in [2.05, 4.69) is 5.32 Å². The predicted molar refractivity (Wildman–Crippen MR) is 96.2 cm³/mol. The Morgan fingerprint density at radius 1 is 1.00 bits per heavy atom. The van der Waals surface area contributed by atoms with Crippen molar-refractivity contribution in [3.63, 3.8) is 0 Å². The number of nitrogens with one attached hydrogen (secondary N) is 1. The van der Waals surface area contributed by atoms with Crippen LogP contribution in [-0.4, -0.2) is 24.3 Å². The van der Waals surface area contributed by atoms with Crippen molar-refractivity contribution in [3.8, 4) is 0 Å². The number of carbonyl (C=O) groups excluding carboxylic acids is 3. The fourth-order valence-electron chi connectivity index (χ4n) is 2.03. The molecule has 0 aromatic heterocycles. The molecule has 0 saturated carbocycles. The van der Waals surface area contributed by atoms with Gasteiger partial charge in [0, 0.05) is 26.9 Å². The van der Waals surface area contributed by atoms with Crippen LogP contribution in [0.3, 0.4) is 0 Å². The van der Waals surface area contributed by atoms with Crippen molar-refractivity contribution >= 4 is 46.5 Å². The van der Waals surface area contributed by atoms with Crippen molar-refractivity contribution < 1.29 is 19.1 Å². The van der Waals surface area contributed by atoms with Gasteiger partial charge >= 0.3 is 5.97 Å². The Morgan fingerprint density at radius 3 is 2.16 bits per heavy atom. The molecule has 0 aliphatic carbocycles. The molecule has 0 saturated heterocycles. The number of amides is 1. The van der Waals surface area contributed by atoms with Crippen LogP contribution in [0.25, 0.3) is 0 Å². The minimum atomic E-state index is -0.614. The summed E-state index contributed by atoms with van der Waals surface area (Å²) >= 11 is 12.0. The Kier molecular flexibility index (Phi) is 6.56. The quantitative estimate of drug-likeness (QED) is 0.609. The molecule has 2 aromatic carbocycles. The van der Waals surface area contributed by atoms with Gasteiger partial charge in [-0.3, -0.25) is 14.4 Å². The van der Waals surface area contributed by atoms with Gasteiger partial charge in [-0.25, -0.2) is 0 Å². The summed E-state index contributed by atoms with van der Waals surface area (Å²) in [5.74, 6) is -1.17. The number of carbonyl (C=O) groups is 3. The second-order valence-electron chi connectivity index (χ2n) is 5.22. The molecule has 0 bridgehead atoms. The normalized spacial score (nSPS) is 10.2. The summed E-state index contributed by atoms with van der Waals surface area (Å²) in [7, 11) is 0. The lowest BCUT2D eigenvalue weighted by atomic mass is 10.1. The summed E-state index contributed by atoms with van der Waals surface area (Å²) in [6, 6.07) is 11.3. The summed E-state index contributed by atoms with van der Waals surface area (Å²) in [6.07, 6.45) is -0.126. The van der Waals surface area contributed by atoms with E-state index in [0.717, 1.165) is 0 Å². The average molecular weight is 380 g/mol. The summed E-state index contributed by atoms with van der Waals surface area (Å²) in [6.45, 7) is 1.02. The minimum absolute atomic E-state index is 0.0648. The van der Waals surface area contributed by atoms with Gasteiger partial charge in [0.15, 0.2) is 12.4 Å². The van der Waals surface area contributed by atoms with E-state index >= 15 is 0 Å². The molecular weight excluding hydrogens is 365 g/mol.